The molecular weight excluding hydrogens is 316 g/mol. The Balaban J connectivity index is 2.43. The van der Waals surface area contributed by atoms with E-state index in [1.54, 1.807) is 30.3 Å². The molecule has 3 nitrogen and oxygen atoms in total. The minimum atomic E-state index is 0.526. The smallest absolute Gasteiger partial charge is 0.133 e. The largest absolute Gasteiger partial charge is 0.457 e. The standard InChI is InChI=1S/C16H11BrN2O/c1-10-3-12(8-18)4-11(2)16(10)20-15-6-13(9-19)5-14(17)7-15/h3-7H,1-2H3. The van der Waals surface area contributed by atoms with Gasteiger partial charge < -0.3 is 4.74 Å². The highest BCUT2D eigenvalue weighted by molar-refractivity contribution is 9.10. The average Bonchev–Trinajstić information content (AvgIpc) is 2.41. The molecule has 0 heterocycles. The van der Waals surface area contributed by atoms with E-state index in [0.29, 0.717) is 22.6 Å². The Morgan fingerprint density at radius 1 is 0.900 bits per heavy atom. The van der Waals surface area contributed by atoms with Crippen LogP contribution in [-0.4, -0.2) is 0 Å². The van der Waals surface area contributed by atoms with Gasteiger partial charge in [-0.1, -0.05) is 15.9 Å². The molecule has 0 atom stereocenters. The van der Waals surface area contributed by atoms with Gasteiger partial charge in [0, 0.05) is 4.47 Å². The van der Waals surface area contributed by atoms with Gasteiger partial charge in [-0.3, -0.25) is 0 Å². The van der Waals surface area contributed by atoms with E-state index in [0.717, 1.165) is 15.6 Å². The van der Waals surface area contributed by atoms with Crippen molar-refractivity contribution >= 4 is 15.9 Å². The van der Waals surface area contributed by atoms with Gasteiger partial charge in [0.1, 0.15) is 11.5 Å². The highest BCUT2D eigenvalue weighted by Gasteiger charge is 2.09. The number of halogens is 1. The van der Waals surface area contributed by atoms with Gasteiger partial charge in [-0.15, -0.1) is 0 Å². The van der Waals surface area contributed by atoms with Crippen molar-refractivity contribution in [3.05, 3.63) is 57.1 Å². The van der Waals surface area contributed by atoms with E-state index in [4.69, 9.17) is 15.3 Å². The maximum absolute atomic E-state index is 8.97. The fraction of sp³-hybridized carbons (Fsp3) is 0.125. The number of rotatable bonds is 2. The summed E-state index contributed by atoms with van der Waals surface area (Å²) in [5.41, 5.74) is 2.91. The highest BCUT2D eigenvalue weighted by atomic mass is 79.9. The van der Waals surface area contributed by atoms with Gasteiger partial charge in [-0.05, 0) is 55.3 Å². The van der Waals surface area contributed by atoms with E-state index in [-0.39, 0.29) is 0 Å². The van der Waals surface area contributed by atoms with Crippen LogP contribution in [0.3, 0.4) is 0 Å². The quantitative estimate of drug-likeness (QED) is 0.810. The Labute approximate surface area is 126 Å². The van der Waals surface area contributed by atoms with Gasteiger partial charge in [0.25, 0.3) is 0 Å². The third-order valence-electron chi connectivity index (χ3n) is 2.81. The van der Waals surface area contributed by atoms with Crippen LogP contribution in [0.5, 0.6) is 11.5 Å². The van der Waals surface area contributed by atoms with Crippen LogP contribution in [0.4, 0.5) is 0 Å². The van der Waals surface area contributed by atoms with Crippen LogP contribution in [0.25, 0.3) is 0 Å². The summed E-state index contributed by atoms with van der Waals surface area (Å²) in [5.74, 6) is 1.30. The molecule has 0 radical (unpaired) electrons. The van der Waals surface area contributed by atoms with Crippen molar-refractivity contribution in [2.24, 2.45) is 0 Å². The SMILES string of the molecule is Cc1cc(C#N)cc(C)c1Oc1cc(Br)cc(C#N)c1. The topological polar surface area (TPSA) is 56.8 Å². The molecule has 0 N–H and O–H groups in total. The summed E-state index contributed by atoms with van der Waals surface area (Å²) < 4.78 is 6.66. The molecule has 0 aliphatic rings. The van der Waals surface area contributed by atoms with E-state index >= 15 is 0 Å². The second-order valence-corrected chi connectivity index (χ2v) is 5.36. The van der Waals surface area contributed by atoms with Crippen molar-refractivity contribution in [1.82, 2.24) is 0 Å². The fourth-order valence-corrected chi connectivity index (χ4v) is 2.45. The van der Waals surface area contributed by atoms with Crippen molar-refractivity contribution in [2.75, 3.05) is 0 Å². The van der Waals surface area contributed by atoms with Gasteiger partial charge in [0.15, 0.2) is 0 Å². The summed E-state index contributed by atoms with van der Waals surface area (Å²) >= 11 is 3.35. The number of hydrogen-bond acceptors (Lipinski definition) is 3. The minimum absolute atomic E-state index is 0.526. The van der Waals surface area contributed by atoms with Crippen molar-refractivity contribution in [3.8, 4) is 23.6 Å². The molecule has 0 saturated carbocycles. The van der Waals surface area contributed by atoms with Crippen LogP contribution in [0.2, 0.25) is 0 Å². The molecule has 0 aliphatic heterocycles. The zero-order valence-corrected chi connectivity index (χ0v) is 12.7. The van der Waals surface area contributed by atoms with E-state index in [1.807, 2.05) is 13.8 Å². The Morgan fingerprint density at radius 3 is 2.00 bits per heavy atom. The number of nitriles is 2. The second kappa shape index (κ2) is 5.77. The Bertz CT molecular complexity index is 731. The van der Waals surface area contributed by atoms with Crippen molar-refractivity contribution in [2.45, 2.75) is 13.8 Å². The first-order valence-corrected chi connectivity index (χ1v) is 6.72. The molecule has 0 aliphatic carbocycles. The van der Waals surface area contributed by atoms with Crippen LogP contribution in [-0.2, 0) is 0 Å². The van der Waals surface area contributed by atoms with Crippen LogP contribution in [0.1, 0.15) is 22.3 Å². The molecule has 0 spiro atoms. The van der Waals surface area contributed by atoms with Gasteiger partial charge in [0.2, 0.25) is 0 Å². The number of hydrogen-bond donors (Lipinski definition) is 0. The molecule has 4 heteroatoms. The van der Waals surface area contributed by atoms with E-state index < -0.39 is 0 Å². The van der Waals surface area contributed by atoms with Crippen LogP contribution < -0.4 is 4.74 Å². The van der Waals surface area contributed by atoms with Crippen molar-refractivity contribution in [1.29, 1.82) is 10.5 Å². The highest BCUT2D eigenvalue weighted by Crippen LogP contribution is 2.31. The van der Waals surface area contributed by atoms with E-state index in [1.165, 1.54) is 0 Å². The lowest BCUT2D eigenvalue weighted by Gasteiger charge is -2.12. The molecule has 0 fully saturated rings. The maximum atomic E-state index is 8.97. The number of ether oxygens (including phenoxy) is 1. The molecular formula is C16H11BrN2O. The summed E-state index contributed by atoms with van der Waals surface area (Å²) in [6.45, 7) is 3.79. The first kappa shape index (κ1) is 14.1. The van der Waals surface area contributed by atoms with Crippen LogP contribution >= 0.6 is 15.9 Å². The summed E-state index contributed by atoms with van der Waals surface area (Å²) in [7, 11) is 0. The number of aryl methyl sites for hydroxylation is 2. The first-order chi connectivity index (χ1) is 9.53. The van der Waals surface area contributed by atoms with Crippen LogP contribution in [0.15, 0.2) is 34.8 Å². The molecule has 98 valence electrons. The summed E-state index contributed by atoms with van der Waals surface area (Å²) in [6, 6.07) is 13.0. The molecule has 0 bridgehead atoms. The molecule has 2 aromatic rings. The Kier molecular flexibility index (Phi) is 4.08. The predicted molar refractivity (Wildman–Crippen MR) is 79.6 cm³/mol. The lowest BCUT2D eigenvalue weighted by molar-refractivity contribution is 0.474. The van der Waals surface area contributed by atoms with Gasteiger partial charge in [0.05, 0.1) is 23.3 Å². The van der Waals surface area contributed by atoms with E-state index in [9.17, 15) is 0 Å². The van der Waals surface area contributed by atoms with Gasteiger partial charge >= 0.3 is 0 Å². The molecule has 2 rings (SSSR count). The van der Waals surface area contributed by atoms with Gasteiger partial charge in [-0.2, -0.15) is 10.5 Å². The third-order valence-corrected chi connectivity index (χ3v) is 3.27. The Hall–Kier alpha value is -2.30. The average molecular weight is 327 g/mol. The summed E-state index contributed by atoms with van der Waals surface area (Å²) in [5, 5.41) is 17.9. The normalized spacial score (nSPS) is 9.65. The maximum Gasteiger partial charge on any atom is 0.133 e. The third kappa shape index (κ3) is 2.99. The van der Waals surface area contributed by atoms with Crippen molar-refractivity contribution < 1.29 is 4.74 Å². The predicted octanol–water partition coefficient (Wildman–Crippen LogP) is 4.60. The lowest BCUT2D eigenvalue weighted by atomic mass is 10.1. The summed E-state index contributed by atoms with van der Waals surface area (Å²) in [4.78, 5) is 0. The van der Waals surface area contributed by atoms with Crippen molar-refractivity contribution in [3.63, 3.8) is 0 Å². The molecule has 0 saturated heterocycles. The lowest BCUT2D eigenvalue weighted by Crippen LogP contribution is -1.93. The fourth-order valence-electron chi connectivity index (χ4n) is 1.98. The first-order valence-electron chi connectivity index (χ1n) is 5.93. The monoisotopic (exact) mass is 326 g/mol. The second-order valence-electron chi connectivity index (χ2n) is 4.44. The van der Waals surface area contributed by atoms with E-state index in [2.05, 4.69) is 28.1 Å². The molecule has 2 aromatic carbocycles. The number of benzene rings is 2. The zero-order valence-electron chi connectivity index (χ0n) is 11.1. The number of nitrogens with zero attached hydrogens (tertiary/aromatic N) is 2. The summed E-state index contributed by atoms with van der Waals surface area (Å²) in [6.07, 6.45) is 0. The molecule has 20 heavy (non-hydrogen) atoms. The van der Waals surface area contributed by atoms with Gasteiger partial charge in [-0.25, -0.2) is 0 Å². The zero-order chi connectivity index (χ0) is 14.7. The minimum Gasteiger partial charge on any atom is -0.457 e. The molecule has 0 aromatic heterocycles. The molecule has 0 unspecified atom stereocenters. The molecule has 0 amide bonds. The Morgan fingerprint density at radius 2 is 1.45 bits per heavy atom. The van der Waals surface area contributed by atoms with Crippen LogP contribution in [0, 0.1) is 36.5 Å².